The van der Waals surface area contributed by atoms with Crippen LogP contribution in [0.2, 0.25) is 5.02 Å². The topological polar surface area (TPSA) is 281 Å². The number of hydrogen-bond donors (Lipinski definition) is 4. The van der Waals surface area contributed by atoms with Crippen LogP contribution in [0.5, 0.6) is 0 Å². The number of sulfone groups is 1. The first-order chi connectivity index (χ1) is 46.7. The van der Waals surface area contributed by atoms with Crippen LogP contribution in [0.3, 0.4) is 0 Å². The van der Waals surface area contributed by atoms with E-state index in [9.17, 15) is 58.8 Å². The van der Waals surface area contributed by atoms with E-state index in [4.69, 9.17) is 21.1 Å². The molecule has 98 heavy (non-hydrogen) atoms. The molecule has 4 aliphatic rings. The molecule has 1 aromatic heterocycles. The molecular weight excluding hydrogens is 1350 g/mol. The van der Waals surface area contributed by atoms with E-state index in [1.54, 1.807) is 60.4 Å². The zero-order valence-corrected chi connectivity index (χ0v) is 57.5. The van der Waals surface area contributed by atoms with Gasteiger partial charge in [0.05, 0.1) is 54.3 Å². The fourth-order valence-corrected chi connectivity index (χ4v) is 15.4. The number of piperazine rings is 1. The molecule has 2 fully saturated rings. The third-order valence-corrected chi connectivity index (χ3v) is 21.8. The molecule has 4 N–H and O–H groups in total. The number of sulfonamides is 1. The number of amides is 6. The van der Waals surface area contributed by atoms with E-state index in [1.807, 2.05) is 29.0 Å². The first-order valence-corrected chi connectivity index (χ1v) is 36.4. The van der Waals surface area contributed by atoms with Gasteiger partial charge >= 0.3 is 5.51 Å². The van der Waals surface area contributed by atoms with Crippen LogP contribution in [-0.2, 0) is 56.9 Å². The lowest BCUT2D eigenvalue weighted by molar-refractivity contribution is -0.136. The maximum atomic E-state index is 14.5. The number of alkyl halides is 3. The monoisotopic (exact) mass is 1430 g/mol. The number of fused-ring (bicyclic) bond motifs is 1. The Morgan fingerprint density at radius 2 is 1.59 bits per heavy atom. The van der Waals surface area contributed by atoms with Crippen LogP contribution >= 0.6 is 23.4 Å². The minimum atomic E-state index is -6.21. The van der Waals surface area contributed by atoms with Gasteiger partial charge in [-0.25, -0.2) is 21.6 Å². The Morgan fingerprint density at radius 1 is 0.857 bits per heavy atom. The van der Waals surface area contributed by atoms with Gasteiger partial charge in [0.15, 0.2) is 0 Å². The molecule has 2 saturated heterocycles. The fraction of sp³-hybridized carbons (Fsp3) is 0.412. The van der Waals surface area contributed by atoms with Crippen LogP contribution in [0, 0.1) is 5.41 Å². The highest BCUT2D eigenvalue weighted by atomic mass is 35.5. The second-order valence-corrected chi connectivity index (χ2v) is 30.3. The second-order valence-electron chi connectivity index (χ2n) is 25.2. The highest BCUT2D eigenvalue weighted by Crippen LogP contribution is 2.43. The maximum absolute atomic E-state index is 14.5. The molecule has 4 heterocycles. The smallest absolute Gasteiger partial charge is 0.382 e. The average molecular weight is 1430 g/mol. The number of aryl methyl sites for hydroxylation is 1. The Labute approximate surface area is 576 Å². The SMILES string of the molecule is CN(CCC(CSc1ccccc1)Nc1ccc(S(=O)(=O)NC(=O)c2ccc(N3CCN(CC4=C(c5ccc(Cl)cc5)CCC(C)(C)C4)CC3)cc2)cc1S(=O)(=O)C(F)(F)F)C(=O)CCCn1cc(COCCOCCNc2cccc3c2C(=O)N(C2CCC(=O)NC2=O)C3=O)nn1. The number of nitrogens with one attached hydrogen (secondary N) is 4. The Balaban J connectivity index is 0.683. The molecule has 23 nitrogen and oxygen atoms in total. The van der Waals surface area contributed by atoms with Gasteiger partial charge in [0, 0.05) is 111 Å². The van der Waals surface area contributed by atoms with Crippen molar-refractivity contribution in [3.05, 3.63) is 160 Å². The van der Waals surface area contributed by atoms with Crippen LogP contribution in [0.15, 0.2) is 142 Å². The molecule has 2 unspecified atom stereocenters. The Kier molecular flexibility index (Phi) is 23.5. The van der Waals surface area contributed by atoms with Gasteiger partial charge in [-0.3, -0.25) is 48.6 Å². The average Bonchev–Trinajstić information content (AvgIpc) is 1.41. The van der Waals surface area contributed by atoms with Gasteiger partial charge in [-0.15, -0.1) is 16.9 Å². The van der Waals surface area contributed by atoms with Gasteiger partial charge in [-0.05, 0) is 134 Å². The van der Waals surface area contributed by atoms with E-state index < -0.39 is 82.5 Å². The lowest BCUT2D eigenvalue weighted by Crippen LogP contribution is -2.54. The number of anilines is 3. The molecule has 6 aromatic rings. The van der Waals surface area contributed by atoms with Gasteiger partial charge < -0.3 is 29.9 Å². The van der Waals surface area contributed by atoms with Gasteiger partial charge in [-0.1, -0.05) is 72.6 Å². The number of imide groups is 2. The minimum absolute atomic E-state index is 0.0106. The molecule has 0 bridgehead atoms. The summed E-state index contributed by atoms with van der Waals surface area (Å²) in [6.07, 6.45) is 5.36. The third kappa shape index (κ3) is 18.2. The number of carbonyl (C=O) groups excluding carboxylic acids is 6. The Bertz CT molecular complexity index is 4180. The van der Waals surface area contributed by atoms with Crippen molar-refractivity contribution in [2.75, 3.05) is 94.0 Å². The van der Waals surface area contributed by atoms with Gasteiger partial charge in [0.1, 0.15) is 16.6 Å². The number of allylic oxidation sites excluding steroid dienone is 1. The molecular formula is C68H77ClF3N11O12S3. The molecule has 2 atom stereocenters. The molecule has 3 aliphatic heterocycles. The molecule has 0 radical (unpaired) electrons. The molecule has 6 amide bonds. The quantitative estimate of drug-likeness (QED) is 0.0186. The molecule has 522 valence electrons. The number of rotatable bonds is 30. The minimum Gasteiger partial charge on any atom is -0.382 e. The molecule has 1 aliphatic carbocycles. The number of hydrogen-bond acceptors (Lipinski definition) is 19. The predicted octanol–water partition coefficient (Wildman–Crippen LogP) is 9.08. The highest BCUT2D eigenvalue weighted by molar-refractivity contribution is 7.99. The van der Waals surface area contributed by atoms with Crippen molar-refractivity contribution in [1.82, 2.24) is 39.7 Å². The first kappa shape index (κ1) is 72.6. The zero-order chi connectivity index (χ0) is 69.9. The number of thioether (sulfide) groups is 1. The lowest BCUT2D eigenvalue weighted by Gasteiger charge is -2.39. The van der Waals surface area contributed by atoms with Gasteiger partial charge in [0.25, 0.3) is 37.6 Å². The summed E-state index contributed by atoms with van der Waals surface area (Å²) in [4.78, 5) is 83.1. The largest absolute Gasteiger partial charge is 0.501 e. The Hall–Kier alpha value is -8.19. The number of aromatic nitrogens is 3. The van der Waals surface area contributed by atoms with Crippen LogP contribution in [0.25, 0.3) is 5.57 Å². The summed E-state index contributed by atoms with van der Waals surface area (Å²) in [5, 5.41) is 17.2. The maximum Gasteiger partial charge on any atom is 0.501 e. The van der Waals surface area contributed by atoms with E-state index in [1.165, 1.54) is 51.6 Å². The number of piperidine rings is 1. The van der Waals surface area contributed by atoms with Crippen molar-refractivity contribution in [3.63, 3.8) is 0 Å². The van der Waals surface area contributed by atoms with Crippen molar-refractivity contribution in [2.45, 2.75) is 111 Å². The second kappa shape index (κ2) is 31.8. The predicted molar refractivity (Wildman–Crippen MR) is 364 cm³/mol. The van der Waals surface area contributed by atoms with Crippen LogP contribution in [0.4, 0.5) is 30.2 Å². The molecule has 0 spiro atoms. The van der Waals surface area contributed by atoms with E-state index in [-0.39, 0.29) is 99.0 Å². The fourth-order valence-electron chi connectivity index (χ4n) is 12.2. The Morgan fingerprint density at radius 3 is 2.32 bits per heavy atom. The van der Waals surface area contributed by atoms with Gasteiger partial charge in [-0.2, -0.15) is 13.2 Å². The molecule has 0 saturated carbocycles. The van der Waals surface area contributed by atoms with Crippen molar-refractivity contribution in [3.8, 4) is 0 Å². The van der Waals surface area contributed by atoms with Gasteiger partial charge in [0.2, 0.25) is 17.7 Å². The van der Waals surface area contributed by atoms with Crippen LogP contribution in [0.1, 0.15) is 108 Å². The summed E-state index contributed by atoms with van der Waals surface area (Å²) in [7, 11) is -9.61. The van der Waals surface area contributed by atoms with E-state index in [2.05, 4.69) is 62.0 Å². The zero-order valence-electron chi connectivity index (χ0n) is 54.3. The van der Waals surface area contributed by atoms with Crippen molar-refractivity contribution < 1.29 is 68.2 Å². The summed E-state index contributed by atoms with van der Waals surface area (Å²) in [5.41, 5.74) is -0.258. The molecule has 5 aromatic carbocycles. The highest BCUT2D eigenvalue weighted by Gasteiger charge is 2.49. The van der Waals surface area contributed by atoms with E-state index >= 15 is 0 Å². The van der Waals surface area contributed by atoms with E-state index in [0.29, 0.717) is 48.5 Å². The van der Waals surface area contributed by atoms with Crippen molar-refractivity contribution in [1.29, 1.82) is 0 Å². The number of ether oxygens (including phenoxy) is 2. The van der Waals surface area contributed by atoms with Crippen LogP contribution < -0.4 is 25.6 Å². The van der Waals surface area contributed by atoms with E-state index in [0.717, 1.165) is 66.5 Å². The summed E-state index contributed by atoms with van der Waals surface area (Å²) < 4.78 is 113. The normalized spacial score (nSPS) is 17.2. The number of benzene rings is 5. The number of halogens is 4. The lowest BCUT2D eigenvalue weighted by atomic mass is 9.73. The van der Waals surface area contributed by atoms with Crippen molar-refractivity contribution in [2.24, 2.45) is 5.41 Å². The van der Waals surface area contributed by atoms with Crippen molar-refractivity contribution >= 4 is 101 Å². The number of nitrogens with zero attached hydrogens (tertiary/aromatic N) is 7. The molecule has 30 heteroatoms. The molecule has 10 rings (SSSR count). The first-order valence-electron chi connectivity index (χ1n) is 32.1. The number of carbonyl (C=O) groups is 6. The van der Waals surface area contributed by atoms with Crippen LogP contribution in [-0.4, -0.2) is 178 Å². The summed E-state index contributed by atoms with van der Waals surface area (Å²) in [5.74, 6) is -3.55. The summed E-state index contributed by atoms with van der Waals surface area (Å²) >= 11 is 7.54. The summed E-state index contributed by atoms with van der Waals surface area (Å²) in [6, 6.07) is 28.5. The standard InChI is InChI=1S/C68H77ClF3N11O12S3/c1-67(2)28-26-54(45-14-18-48(69)19-15-45)47(40-67)41-80-32-34-81(35-33-80)51-20-16-46(17-21-51)63(86)77-98(92,93)53-22-23-56(59(39-53)97(90,91)68(70,71)72)74-49(44-96-52-9-5-4-6-10-52)27-31-79(3)61(85)13-8-30-82-42-50(76-78-82)43-95-38-37-94-36-29-73-57-12-7-11-55-62(57)66(89)83(65(55)88)58-24-25-60(84)75-64(58)87/h4-7,9-12,14-23,39,42,49,58,73-74H,8,13,24-38,40-41,43-44H2,1-3H3,(H,77,86)(H,75,84,87). The summed E-state index contributed by atoms with van der Waals surface area (Å²) in [6.45, 7) is 9.85. The third-order valence-electron chi connectivity index (χ3n) is 17.5.